The number of hydrogen-bond donors (Lipinski definition) is 2. The van der Waals surface area contributed by atoms with E-state index in [2.05, 4.69) is 20.6 Å². The second-order valence-corrected chi connectivity index (χ2v) is 5.76. The van der Waals surface area contributed by atoms with Gasteiger partial charge in [-0.25, -0.2) is 9.37 Å². The predicted octanol–water partition coefficient (Wildman–Crippen LogP) is 1.39. The SMILES string of the molecule is CN=C(NCC(C)C(=O)OC)NC1CCN(c2ncccc2F)C1.I. The van der Waals surface area contributed by atoms with Gasteiger partial charge in [0.25, 0.3) is 0 Å². The van der Waals surface area contributed by atoms with E-state index >= 15 is 0 Å². The number of rotatable bonds is 5. The third kappa shape index (κ3) is 5.98. The molecule has 0 bridgehead atoms. The van der Waals surface area contributed by atoms with Gasteiger partial charge in [-0.3, -0.25) is 9.79 Å². The molecule has 0 aliphatic carbocycles. The minimum atomic E-state index is -0.312. The Balaban J connectivity index is 0.00000312. The second-order valence-electron chi connectivity index (χ2n) is 5.76. The maximum atomic E-state index is 13.8. The van der Waals surface area contributed by atoms with Crippen LogP contribution in [-0.2, 0) is 9.53 Å². The molecule has 25 heavy (non-hydrogen) atoms. The quantitative estimate of drug-likeness (QED) is 0.296. The van der Waals surface area contributed by atoms with E-state index in [4.69, 9.17) is 4.74 Å². The molecule has 0 saturated carbocycles. The van der Waals surface area contributed by atoms with Crippen molar-refractivity contribution in [1.82, 2.24) is 15.6 Å². The van der Waals surface area contributed by atoms with Crippen LogP contribution < -0.4 is 15.5 Å². The number of nitrogens with zero attached hydrogens (tertiary/aromatic N) is 3. The Labute approximate surface area is 164 Å². The van der Waals surface area contributed by atoms with Crippen molar-refractivity contribution < 1.29 is 13.9 Å². The smallest absolute Gasteiger partial charge is 0.310 e. The van der Waals surface area contributed by atoms with Crippen molar-refractivity contribution in [3.63, 3.8) is 0 Å². The number of aliphatic imine (C=N–C) groups is 1. The molecule has 1 aliphatic rings. The lowest BCUT2D eigenvalue weighted by atomic mass is 10.2. The summed E-state index contributed by atoms with van der Waals surface area (Å²) in [6, 6.07) is 3.13. The van der Waals surface area contributed by atoms with Gasteiger partial charge in [-0.2, -0.15) is 0 Å². The molecule has 2 unspecified atom stereocenters. The molecule has 0 aromatic carbocycles. The highest BCUT2D eigenvalue weighted by molar-refractivity contribution is 14.0. The van der Waals surface area contributed by atoms with Gasteiger partial charge in [0.2, 0.25) is 0 Å². The first kappa shape index (κ1) is 21.4. The first-order valence-corrected chi connectivity index (χ1v) is 7.95. The fourth-order valence-electron chi connectivity index (χ4n) is 2.60. The molecule has 140 valence electrons. The summed E-state index contributed by atoms with van der Waals surface area (Å²) < 4.78 is 18.5. The monoisotopic (exact) mass is 465 g/mol. The number of halogens is 2. The van der Waals surface area contributed by atoms with Crippen molar-refractivity contribution in [2.75, 3.05) is 38.7 Å². The van der Waals surface area contributed by atoms with E-state index in [0.717, 1.165) is 13.0 Å². The number of carbonyl (C=O) groups excluding carboxylic acids is 1. The van der Waals surface area contributed by atoms with E-state index in [0.29, 0.717) is 24.9 Å². The lowest BCUT2D eigenvalue weighted by Gasteiger charge is -2.20. The van der Waals surface area contributed by atoms with Gasteiger partial charge in [-0.15, -0.1) is 24.0 Å². The summed E-state index contributed by atoms with van der Waals surface area (Å²) in [4.78, 5) is 21.6. The summed E-state index contributed by atoms with van der Waals surface area (Å²) in [5.41, 5.74) is 0. The minimum Gasteiger partial charge on any atom is -0.469 e. The number of hydrogen-bond acceptors (Lipinski definition) is 5. The Morgan fingerprint density at radius 3 is 3.00 bits per heavy atom. The molecule has 0 radical (unpaired) electrons. The molecule has 1 saturated heterocycles. The molecule has 2 N–H and O–H groups in total. The summed E-state index contributed by atoms with van der Waals surface area (Å²) in [7, 11) is 3.04. The molecule has 1 aromatic rings. The van der Waals surface area contributed by atoms with Gasteiger partial charge in [0, 0.05) is 38.9 Å². The highest BCUT2D eigenvalue weighted by atomic mass is 127. The third-order valence-electron chi connectivity index (χ3n) is 3.97. The molecule has 1 aliphatic heterocycles. The van der Waals surface area contributed by atoms with Crippen LogP contribution >= 0.6 is 24.0 Å². The van der Waals surface area contributed by atoms with Gasteiger partial charge in [-0.05, 0) is 18.6 Å². The van der Waals surface area contributed by atoms with Crippen LogP contribution in [0.5, 0.6) is 0 Å². The Morgan fingerprint density at radius 2 is 2.36 bits per heavy atom. The fraction of sp³-hybridized carbons (Fsp3) is 0.562. The van der Waals surface area contributed by atoms with Crippen molar-refractivity contribution in [2.24, 2.45) is 10.9 Å². The number of methoxy groups -OCH3 is 1. The molecule has 2 heterocycles. The van der Waals surface area contributed by atoms with E-state index in [1.165, 1.54) is 13.2 Å². The highest BCUT2D eigenvalue weighted by Crippen LogP contribution is 2.20. The van der Waals surface area contributed by atoms with Gasteiger partial charge in [0.15, 0.2) is 17.6 Å². The molecule has 1 fully saturated rings. The molecule has 9 heteroatoms. The van der Waals surface area contributed by atoms with Crippen LogP contribution in [0.4, 0.5) is 10.2 Å². The van der Waals surface area contributed by atoms with Crippen LogP contribution in [0.3, 0.4) is 0 Å². The molecule has 0 amide bonds. The first-order chi connectivity index (χ1) is 11.5. The number of ether oxygens (including phenoxy) is 1. The number of guanidine groups is 1. The van der Waals surface area contributed by atoms with Crippen molar-refractivity contribution in [3.8, 4) is 0 Å². The molecular weight excluding hydrogens is 440 g/mol. The van der Waals surface area contributed by atoms with Gasteiger partial charge < -0.3 is 20.3 Å². The van der Waals surface area contributed by atoms with Crippen LogP contribution in [0.25, 0.3) is 0 Å². The summed E-state index contributed by atoms with van der Waals surface area (Å²) in [6.07, 6.45) is 2.44. The first-order valence-electron chi connectivity index (χ1n) is 7.95. The molecule has 1 aromatic heterocycles. The van der Waals surface area contributed by atoms with E-state index in [-0.39, 0.29) is 47.7 Å². The molecular formula is C16H25FIN5O2. The number of nitrogens with one attached hydrogen (secondary N) is 2. The predicted molar refractivity (Wildman–Crippen MR) is 106 cm³/mol. The summed E-state index contributed by atoms with van der Waals surface area (Å²) >= 11 is 0. The Bertz CT molecular complexity index is 602. The number of esters is 1. The van der Waals surface area contributed by atoms with Crippen LogP contribution in [0.15, 0.2) is 23.3 Å². The minimum absolute atomic E-state index is 0. The zero-order valence-electron chi connectivity index (χ0n) is 14.7. The Hall–Kier alpha value is -1.65. The average molecular weight is 465 g/mol. The topological polar surface area (TPSA) is 78.8 Å². The number of pyridine rings is 1. The Morgan fingerprint density at radius 1 is 1.60 bits per heavy atom. The van der Waals surface area contributed by atoms with E-state index in [1.807, 2.05) is 4.90 Å². The number of carbonyl (C=O) groups is 1. The van der Waals surface area contributed by atoms with Gasteiger partial charge >= 0.3 is 5.97 Å². The van der Waals surface area contributed by atoms with Crippen LogP contribution in [0.2, 0.25) is 0 Å². The molecule has 7 nitrogen and oxygen atoms in total. The largest absolute Gasteiger partial charge is 0.469 e. The van der Waals surface area contributed by atoms with Crippen molar-refractivity contribution in [3.05, 3.63) is 24.1 Å². The lowest BCUT2D eigenvalue weighted by Crippen LogP contribution is -2.46. The zero-order valence-corrected chi connectivity index (χ0v) is 17.0. The molecule has 2 atom stereocenters. The van der Waals surface area contributed by atoms with Crippen molar-refractivity contribution in [1.29, 1.82) is 0 Å². The fourth-order valence-corrected chi connectivity index (χ4v) is 2.60. The number of anilines is 1. The number of aromatic nitrogens is 1. The second kappa shape index (κ2) is 10.4. The highest BCUT2D eigenvalue weighted by Gasteiger charge is 2.26. The Kier molecular flexibility index (Phi) is 8.87. The van der Waals surface area contributed by atoms with Crippen molar-refractivity contribution in [2.45, 2.75) is 19.4 Å². The molecule has 0 spiro atoms. The lowest BCUT2D eigenvalue weighted by molar-refractivity contribution is -0.144. The standard InChI is InChI=1S/C16H24FN5O2.HI/c1-11(15(23)24-3)9-20-16(18-2)21-12-6-8-22(10-12)14-13(17)5-4-7-19-14;/h4-5,7,11-12H,6,8-10H2,1-3H3,(H2,18,20,21);1H. The van der Waals surface area contributed by atoms with Gasteiger partial charge in [0.1, 0.15) is 0 Å². The van der Waals surface area contributed by atoms with E-state index in [1.54, 1.807) is 26.2 Å². The summed E-state index contributed by atoms with van der Waals surface area (Å²) in [5, 5.41) is 6.40. The van der Waals surface area contributed by atoms with Crippen LogP contribution in [0.1, 0.15) is 13.3 Å². The summed E-state index contributed by atoms with van der Waals surface area (Å²) in [6.45, 7) is 3.58. The van der Waals surface area contributed by atoms with E-state index in [9.17, 15) is 9.18 Å². The molecule has 2 rings (SSSR count). The normalized spacial score (nSPS) is 18.3. The van der Waals surface area contributed by atoms with Gasteiger partial charge in [0.05, 0.1) is 13.0 Å². The van der Waals surface area contributed by atoms with Crippen LogP contribution in [-0.4, -0.2) is 56.7 Å². The maximum Gasteiger partial charge on any atom is 0.310 e. The maximum absolute atomic E-state index is 13.8. The van der Waals surface area contributed by atoms with Crippen LogP contribution in [0, 0.1) is 11.7 Å². The zero-order chi connectivity index (χ0) is 17.5. The van der Waals surface area contributed by atoms with E-state index < -0.39 is 0 Å². The van der Waals surface area contributed by atoms with Crippen molar-refractivity contribution >= 4 is 41.7 Å². The van der Waals surface area contributed by atoms with Gasteiger partial charge in [-0.1, -0.05) is 6.92 Å². The average Bonchev–Trinajstić information content (AvgIpc) is 3.06. The summed E-state index contributed by atoms with van der Waals surface area (Å²) in [5.74, 6) is 0.141. The third-order valence-corrected chi connectivity index (χ3v) is 3.97.